The second-order valence-electron chi connectivity index (χ2n) is 19.1. The minimum absolute atomic E-state index is 0.0268. The lowest BCUT2D eigenvalue weighted by molar-refractivity contribution is -0.144. The molecule has 26 heteroatoms. The van der Waals surface area contributed by atoms with Gasteiger partial charge in [-0.3, -0.25) is 48.6 Å². The van der Waals surface area contributed by atoms with Gasteiger partial charge in [0.2, 0.25) is 53.2 Å². The number of likely N-dealkylation sites (tertiary alicyclic amines) is 2. The number of unbranched alkanes of at least 4 members (excludes halogenated alkanes) is 2. The van der Waals surface area contributed by atoms with E-state index in [0.717, 1.165) is 6.42 Å². The third-order valence-electron chi connectivity index (χ3n) is 13.1. The van der Waals surface area contributed by atoms with Crippen molar-refractivity contribution in [1.82, 2.24) is 52.3 Å². The van der Waals surface area contributed by atoms with Gasteiger partial charge in [0.1, 0.15) is 48.3 Å². The lowest BCUT2D eigenvalue weighted by Gasteiger charge is -2.32. The van der Waals surface area contributed by atoms with Crippen molar-refractivity contribution in [3.8, 4) is 0 Å². The second-order valence-corrected chi connectivity index (χ2v) is 19.1. The summed E-state index contributed by atoms with van der Waals surface area (Å²) in [6, 6.07) is -9.76. The number of carbonyl (C=O) groups excluding carboxylic acids is 9. The first kappa shape index (κ1) is 60.2. The standard InChI is InChI=1S/C46H81N15O11/c1-26(2)36(59-38(64)28-14-8-22-52-28)44(70)61-25-11-17-34(61)42(68)56-30(18-19-35(49)62)39(65)54-27(3)37(63)57-31(12-4-6-20-47)43(69)60-24-10-16-33(60)41(67)55-29(15-9-23-53-46(50)51)40(66)58-32(45(71)72)13-5-7-21-48/h26-34,36,52H,4-25,47-48H2,1-3H3,(H2,49,62)(H,54,65)(H,55,67)(H,56,68)(H,57,63)(H,58,66)(H,59,64)(H,71,72)(H4,50,51,53)/t27-,28-,29-,30-,31-,32-,33-,34-,36-/m0/s1. The predicted molar refractivity (Wildman–Crippen MR) is 264 cm³/mol. The Morgan fingerprint density at radius 3 is 1.65 bits per heavy atom. The van der Waals surface area contributed by atoms with Crippen LogP contribution in [0.25, 0.3) is 0 Å². The zero-order valence-electron chi connectivity index (χ0n) is 42.1. The van der Waals surface area contributed by atoms with Gasteiger partial charge in [-0.25, -0.2) is 4.79 Å². The van der Waals surface area contributed by atoms with Crippen LogP contribution in [0.5, 0.6) is 0 Å². The molecule has 0 aromatic heterocycles. The zero-order valence-corrected chi connectivity index (χ0v) is 42.1. The lowest BCUT2D eigenvalue weighted by Crippen LogP contribution is -2.60. The number of carboxylic acid groups (broad SMARTS) is 1. The highest BCUT2D eigenvalue weighted by molar-refractivity contribution is 5.98. The normalized spacial score (nSPS) is 20.0. The van der Waals surface area contributed by atoms with Crippen LogP contribution in [-0.2, 0) is 47.9 Å². The molecule has 3 fully saturated rings. The number of aliphatic carboxylic acids is 1. The van der Waals surface area contributed by atoms with Crippen LogP contribution in [0.15, 0.2) is 0 Å². The van der Waals surface area contributed by atoms with E-state index in [-0.39, 0.29) is 95.3 Å². The van der Waals surface area contributed by atoms with Gasteiger partial charge in [-0.05, 0) is 129 Å². The van der Waals surface area contributed by atoms with E-state index in [1.165, 1.54) is 16.7 Å². The van der Waals surface area contributed by atoms with Crippen LogP contribution in [-0.4, -0.2) is 174 Å². The summed E-state index contributed by atoms with van der Waals surface area (Å²) < 4.78 is 0. The van der Waals surface area contributed by atoms with Gasteiger partial charge in [-0.1, -0.05) is 13.8 Å². The summed E-state index contributed by atoms with van der Waals surface area (Å²) >= 11 is 0. The number of nitrogens with zero attached hydrogens (tertiary/aromatic N) is 2. The van der Waals surface area contributed by atoms with E-state index in [2.05, 4.69) is 42.5 Å². The zero-order chi connectivity index (χ0) is 53.5. The summed E-state index contributed by atoms with van der Waals surface area (Å²) in [7, 11) is 0. The average molecular weight is 1020 g/mol. The van der Waals surface area contributed by atoms with E-state index in [1.54, 1.807) is 13.8 Å². The molecule has 3 heterocycles. The maximum Gasteiger partial charge on any atom is 0.326 e. The monoisotopic (exact) mass is 1020 g/mol. The van der Waals surface area contributed by atoms with Crippen molar-refractivity contribution >= 4 is 65.1 Å². The molecule has 3 aliphatic heterocycles. The maximum absolute atomic E-state index is 14.3. The number of nitrogens with one attached hydrogen (secondary N) is 9. The number of primary amides is 1. The highest BCUT2D eigenvalue weighted by atomic mass is 16.4. The Morgan fingerprint density at radius 1 is 0.611 bits per heavy atom. The van der Waals surface area contributed by atoms with Gasteiger partial charge in [-0.15, -0.1) is 0 Å². The van der Waals surface area contributed by atoms with Crippen molar-refractivity contribution in [2.75, 3.05) is 39.3 Å². The molecule has 0 bridgehead atoms. The van der Waals surface area contributed by atoms with Crippen LogP contribution in [0.3, 0.4) is 0 Å². The largest absolute Gasteiger partial charge is 0.480 e. The van der Waals surface area contributed by atoms with Gasteiger partial charge in [0.05, 0.1) is 6.04 Å². The van der Waals surface area contributed by atoms with Crippen molar-refractivity contribution in [3.05, 3.63) is 0 Å². The van der Waals surface area contributed by atoms with Crippen LogP contribution < -0.4 is 65.5 Å². The molecule has 0 aliphatic carbocycles. The number of carboxylic acids is 1. The van der Waals surface area contributed by atoms with Crippen LogP contribution in [0.1, 0.15) is 124 Å². The van der Waals surface area contributed by atoms with Crippen molar-refractivity contribution in [2.24, 2.45) is 28.9 Å². The summed E-state index contributed by atoms with van der Waals surface area (Å²) in [5, 5.41) is 38.9. The molecule has 9 atom stereocenters. The molecule has 0 aromatic rings. The molecule has 0 radical (unpaired) electrons. The summed E-state index contributed by atoms with van der Waals surface area (Å²) in [6.45, 7) is 6.77. The summed E-state index contributed by atoms with van der Waals surface area (Å²) in [5.74, 6) is -7.74. The third kappa shape index (κ3) is 19.1. The van der Waals surface area contributed by atoms with Gasteiger partial charge in [0, 0.05) is 26.1 Å². The summed E-state index contributed by atoms with van der Waals surface area (Å²) in [5.41, 5.74) is 22.1. The Bertz CT molecular complexity index is 1900. The Balaban J connectivity index is 1.74. The highest BCUT2D eigenvalue weighted by Crippen LogP contribution is 2.23. The maximum atomic E-state index is 14.3. The molecule has 0 aromatic carbocycles. The van der Waals surface area contributed by atoms with Crippen LogP contribution in [0.4, 0.5) is 0 Å². The fraction of sp³-hybridized carbons (Fsp3) is 0.761. The van der Waals surface area contributed by atoms with Gasteiger partial charge < -0.3 is 80.4 Å². The van der Waals surface area contributed by atoms with Crippen LogP contribution in [0, 0.1) is 11.3 Å². The van der Waals surface area contributed by atoms with E-state index in [4.69, 9.17) is 28.3 Å². The van der Waals surface area contributed by atoms with Gasteiger partial charge in [-0.2, -0.15) is 0 Å². The average Bonchev–Trinajstić information content (AvgIpc) is 4.15. The summed E-state index contributed by atoms with van der Waals surface area (Å²) in [6.07, 6.45) is 4.60. The van der Waals surface area contributed by atoms with Crippen molar-refractivity contribution in [1.29, 1.82) is 5.41 Å². The number of hydrogen-bond acceptors (Lipinski definition) is 14. The smallest absolute Gasteiger partial charge is 0.326 e. The molecule has 406 valence electrons. The minimum Gasteiger partial charge on any atom is -0.480 e. The number of amides is 9. The second kappa shape index (κ2) is 30.7. The molecule has 72 heavy (non-hydrogen) atoms. The fourth-order valence-corrected chi connectivity index (χ4v) is 9.00. The first-order chi connectivity index (χ1) is 34.2. The first-order valence-corrected chi connectivity index (χ1v) is 25.4. The molecule has 0 unspecified atom stereocenters. The predicted octanol–water partition coefficient (Wildman–Crippen LogP) is -3.82. The van der Waals surface area contributed by atoms with E-state index in [0.29, 0.717) is 58.0 Å². The Labute approximate surface area is 421 Å². The van der Waals surface area contributed by atoms with Gasteiger partial charge in [0.25, 0.3) is 0 Å². The Morgan fingerprint density at radius 2 is 1.14 bits per heavy atom. The molecule has 9 amide bonds. The van der Waals surface area contributed by atoms with E-state index < -0.39 is 108 Å². The number of nitrogens with two attached hydrogens (primary N) is 4. The van der Waals surface area contributed by atoms with Gasteiger partial charge >= 0.3 is 5.97 Å². The minimum atomic E-state index is -1.37. The quantitative estimate of drug-likeness (QED) is 0.0180. The van der Waals surface area contributed by atoms with Crippen molar-refractivity contribution in [2.45, 2.75) is 178 Å². The third-order valence-corrected chi connectivity index (χ3v) is 13.1. The molecular formula is C46H81N15O11. The molecule has 3 saturated heterocycles. The number of guanidine groups is 1. The lowest BCUT2D eigenvalue weighted by atomic mass is 10.0. The number of carbonyl (C=O) groups is 10. The highest BCUT2D eigenvalue weighted by Gasteiger charge is 2.42. The molecular weight excluding hydrogens is 939 g/mol. The first-order valence-electron chi connectivity index (χ1n) is 25.4. The molecule has 3 aliphatic rings. The molecule has 18 N–H and O–H groups in total. The number of hydrogen-bond donors (Lipinski definition) is 14. The van der Waals surface area contributed by atoms with Crippen LogP contribution in [0.2, 0.25) is 0 Å². The number of rotatable bonds is 31. The van der Waals surface area contributed by atoms with E-state index in [9.17, 15) is 53.1 Å². The fourth-order valence-electron chi connectivity index (χ4n) is 9.00. The van der Waals surface area contributed by atoms with Crippen LogP contribution >= 0.6 is 0 Å². The molecule has 0 saturated carbocycles. The van der Waals surface area contributed by atoms with Crippen molar-refractivity contribution < 1.29 is 53.1 Å². The SMILES string of the molecule is CC(C)[C@H](NC(=O)[C@@H]1CCCN1)C(=O)N1CCC[C@H]1C(=O)N[C@@H](CCC(N)=O)C(=O)N[C@@H](C)C(=O)N[C@@H](CCCCN)C(=O)N1CCC[C@H]1C(=O)N[C@@H](CCCNC(=N)N)C(=O)N[C@@H](CCCCN)C(=O)O. The van der Waals surface area contributed by atoms with E-state index >= 15 is 0 Å². The molecule has 3 rings (SSSR count). The molecule has 26 nitrogen and oxygen atoms in total. The van der Waals surface area contributed by atoms with E-state index in [1.807, 2.05) is 0 Å². The summed E-state index contributed by atoms with van der Waals surface area (Å²) in [4.78, 5) is 137. The Kier molecular flexibility index (Phi) is 25.6. The topological polar surface area (TPSA) is 422 Å². The molecule has 0 spiro atoms. The van der Waals surface area contributed by atoms with Gasteiger partial charge in [0.15, 0.2) is 5.96 Å². The van der Waals surface area contributed by atoms with Crippen molar-refractivity contribution in [3.63, 3.8) is 0 Å². The Hall–Kier alpha value is -6.15.